The summed E-state index contributed by atoms with van der Waals surface area (Å²) in [5, 5.41) is 0. The van der Waals surface area contributed by atoms with Gasteiger partial charge in [-0.25, -0.2) is 9.97 Å². The van der Waals surface area contributed by atoms with Gasteiger partial charge in [-0.05, 0) is 87.0 Å². The maximum absolute atomic E-state index is 6.69. The molecule has 3 heterocycles. The number of rotatable bonds is 6. The highest BCUT2D eigenvalue weighted by atomic mass is 16.5. The summed E-state index contributed by atoms with van der Waals surface area (Å²) in [4.78, 5) is 14.7. The third kappa shape index (κ3) is 5.80. The van der Waals surface area contributed by atoms with Gasteiger partial charge >= 0.3 is 0 Å². The zero-order valence-corrected chi connectivity index (χ0v) is 33.6. The van der Waals surface area contributed by atoms with Crippen LogP contribution in [0.4, 0.5) is 0 Å². The molecular formula is C58H37N3O. The van der Waals surface area contributed by atoms with Gasteiger partial charge in [-0.3, -0.25) is 4.98 Å². The summed E-state index contributed by atoms with van der Waals surface area (Å²) in [6.45, 7) is 0. The van der Waals surface area contributed by atoms with E-state index in [9.17, 15) is 0 Å². The number of pyridine rings is 1. The van der Waals surface area contributed by atoms with Crippen LogP contribution in [-0.4, -0.2) is 15.0 Å². The van der Waals surface area contributed by atoms with E-state index < -0.39 is 5.41 Å². The Morgan fingerprint density at radius 2 is 0.742 bits per heavy atom. The molecule has 2 aliphatic rings. The Hall–Kier alpha value is -8.21. The second-order valence-electron chi connectivity index (χ2n) is 15.9. The maximum atomic E-state index is 6.69. The fourth-order valence-electron chi connectivity index (χ4n) is 9.53. The molecule has 2 aromatic heterocycles. The molecule has 8 aromatic carbocycles. The summed E-state index contributed by atoms with van der Waals surface area (Å²) >= 11 is 0. The molecular weight excluding hydrogens is 755 g/mol. The Morgan fingerprint density at radius 1 is 0.306 bits per heavy atom. The van der Waals surface area contributed by atoms with Crippen LogP contribution < -0.4 is 4.74 Å². The normalized spacial score (nSPS) is 12.8. The van der Waals surface area contributed by atoms with Gasteiger partial charge < -0.3 is 4.74 Å². The van der Waals surface area contributed by atoms with Crippen LogP contribution in [0.3, 0.4) is 0 Å². The molecule has 1 aliphatic heterocycles. The minimum absolute atomic E-state index is 0.612. The summed E-state index contributed by atoms with van der Waals surface area (Å²) in [6.07, 6.45) is 1.84. The van der Waals surface area contributed by atoms with Crippen molar-refractivity contribution in [2.24, 2.45) is 0 Å². The predicted octanol–water partition coefficient (Wildman–Crippen LogP) is 14.3. The first-order valence-electron chi connectivity index (χ1n) is 21.0. The monoisotopic (exact) mass is 791 g/mol. The molecule has 290 valence electrons. The van der Waals surface area contributed by atoms with Crippen molar-refractivity contribution in [2.45, 2.75) is 5.41 Å². The van der Waals surface area contributed by atoms with Crippen LogP contribution >= 0.6 is 0 Å². The van der Waals surface area contributed by atoms with E-state index in [1.807, 2.05) is 54.7 Å². The number of benzene rings is 8. The zero-order valence-electron chi connectivity index (χ0n) is 33.6. The van der Waals surface area contributed by atoms with Gasteiger partial charge in [0.05, 0.1) is 22.5 Å². The Kier molecular flexibility index (Phi) is 8.36. The molecule has 0 atom stereocenters. The molecule has 0 fully saturated rings. The van der Waals surface area contributed by atoms with Crippen LogP contribution in [0, 0.1) is 0 Å². The number of hydrogen-bond acceptors (Lipinski definition) is 4. The van der Waals surface area contributed by atoms with E-state index in [2.05, 4.69) is 175 Å². The minimum Gasteiger partial charge on any atom is -0.457 e. The summed E-state index contributed by atoms with van der Waals surface area (Å²) in [5.74, 6) is 2.45. The summed E-state index contributed by atoms with van der Waals surface area (Å²) in [5.41, 5.74) is 18.1. The molecule has 1 spiro atoms. The highest BCUT2D eigenvalue weighted by molar-refractivity contribution is 5.92. The molecule has 4 nitrogen and oxygen atoms in total. The third-order valence-corrected chi connectivity index (χ3v) is 12.5. The smallest absolute Gasteiger partial charge is 0.160 e. The zero-order chi connectivity index (χ0) is 41.0. The molecule has 0 N–H and O–H groups in total. The first-order valence-corrected chi connectivity index (χ1v) is 21.0. The van der Waals surface area contributed by atoms with E-state index in [1.54, 1.807) is 0 Å². The van der Waals surface area contributed by atoms with Gasteiger partial charge in [0.25, 0.3) is 0 Å². The van der Waals surface area contributed by atoms with Crippen molar-refractivity contribution in [1.82, 2.24) is 15.0 Å². The lowest BCUT2D eigenvalue weighted by Crippen LogP contribution is -2.32. The lowest BCUT2D eigenvalue weighted by atomic mass is 9.65. The summed E-state index contributed by atoms with van der Waals surface area (Å²) < 4.78 is 6.69. The largest absolute Gasteiger partial charge is 0.457 e. The number of hydrogen-bond donors (Lipinski definition) is 0. The van der Waals surface area contributed by atoms with Crippen LogP contribution in [0.1, 0.15) is 22.3 Å². The van der Waals surface area contributed by atoms with Crippen LogP contribution in [-0.2, 0) is 5.41 Å². The van der Waals surface area contributed by atoms with Gasteiger partial charge in [-0.1, -0.05) is 176 Å². The van der Waals surface area contributed by atoms with Crippen LogP contribution in [0.2, 0.25) is 0 Å². The number of fused-ring (bicyclic) bond motifs is 9. The van der Waals surface area contributed by atoms with E-state index in [0.29, 0.717) is 5.82 Å². The maximum Gasteiger partial charge on any atom is 0.160 e. The number of nitrogens with zero attached hydrogens (tertiary/aromatic N) is 3. The first kappa shape index (κ1) is 35.7. The van der Waals surface area contributed by atoms with Crippen molar-refractivity contribution >= 4 is 0 Å². The Balaban J connectivity index is 0.989. The number of aromatic nitrogens is 3. The standard InChI is InChI=1S/C58H37N3O/c1-3-13-40(14-4-1)53-37-54(61-57(60-53)43-15-5-2-6-16-43)42-28-24-39(25-29-42)45-31-33-47-46-32-30-44(38-22-26-41(27-23-38)52-19-11-12-34-59-52)35-50(46)58(51(47)36-45)48-17-7-9-20-55(48)62-56-21-10-8-18-49(56)58/h1-37H. The second kappa shape index (κ2) is 14.5. The van der Waals surface area contributed by atoms with Crippen molar-refractivity contribution in [1.29, 1.82) is 0 Å². The molecule has 0 unspecified atom stereocenters. The average Bonchev–Trinajstić information content (AvgIpc) is 3.64. The predicted molar refractivity (Wildman–Crippen MR) is 250 cm³/mol. The van der Waals surface area contributed by atoms with Gasteiger partial charge in [0.15, 0.2) is 5.82 Å². The molecule has 0 saturated heterocycles. The van der Waals surface area contributed by atoms with E-state index in [-0.39, 0.29) is 0 Å². The van der Waals surface area contributed by atoms with Crippen molar-refractivity contribution in [2.75, 3.05) is 0 Å². The van der Waals surface area contributed by atoms with Crippen LogP contribution in [0.5, 0.6) is 11.5 Å². The number of ether oxygens (including phenoxy) is 1. The van der Waals surface area contributed by atoms with Gasteiger partial charge in [-0.15, -0.1) is 0 Å². The van der Waals surface area contributed by atoms with Crippen molar-refractivity contribution < 1.29 is 4.74 Å². The van der Waals surface area contributed by atoms with Gasteiger partial charge in [0.2, 0.25) is 0 Å². The molecule has 62 heavy (non-hydrogen) atoms. The van der Waals surface area contributed by atoms with Gasteiger partial charge in [-0.2, -0.15) is 0 Å². The Morgan fingerprint density at radius 3 is 1.27 bits per heavy atom. The van der Waals surface area contributed by atoms with Crippen molar-refractivity contribution in [3.8, 4) is 90.0 Å². The van der Waals surface area contributed by atoms with Gasteiger partial charge in [0.1, 0.15) is 11.5 Å². The minimum atomic E-state index is -0.612. The van der Waals surface area contributed by atoms with E-state index in [1.165, 1.54) is 22.3 Å². The lowest BCUT2D eigenvalue weighted by Gasteiger charge is -2.39. The fraction of sp³-hybridized carbons (Fsp3) is 0.0172. The first-order chi connectivity index (χ1) is 30.7. The van der Waals surface area contributed by atoms with E-state index in [0.717, 1.165) is 84.2 Å². The Bertz CT molecular complexity index is 3190. The highest BCUT2D eigenvalue weighted by Gasteiger charge is 2.51. The molecule has 12 rings (SSSR count). The molecule has 10 aromatic rings. The van der Waals surface area contributed by atoms with Crippen molar-refractivity contribution in [3.05, 3.63) is 247 Å². The SMILES string of the molecule is c1ccc(-c2cc(-c3ccc(-c4ccc5c(c4)C4(c6ccccc6Oc6ccccc64)c4cc(-c6ccc(-c7ccccn7)cc6)ccc4-5)cc3)nc(-c3ccccc3)n2)cc1. The van der Waals surface area contributed by atoms with E-state index >= 15 is 0 Å². The third-order valence-electron chi connectivity index (χ3n) is 12.5. The van der Waals surface area contributed by atoms with Crippen LogP contribution in [0.15, 0.2) is 225 Å². The number of para-hydroxylation sites is 2. The molecule has 4 heteroatoms. The average molecular weight is 792 g/mol. The molecule has 0 saturated carbocycles. The molecule has 0 radical (unpaired) electrons. The topological polar surface area (TPSA) is 47.9 Å². The molecule has 0 amide bonds. The van der Waals surface area contributed by atoms with Crippen molar-refractivity contribution in [3.63, 3.8) is 0 Å². The quantitative estimate of drug-likeness (QED) is 0.168. The summed E-state index contributed by atoms with van der Waals surface area (Å²) in [7, 11) is 0. The highest BCUT2D eigenvalue weighted by Crippen LogP contribution is 2.62. The van der Waals surface area contributed by atoms with E-state index in [4.69, 9.17) is 14.7 Å². The van der Waals surface area contributed by atoms with Gasteiger partial charge in [0, 0.05) is 39.6 Å². The second-order valence-corrected chi connectivity index (χ2v) is 15.9. The molecule has 1 aliphatic carbocycles. The lowest BCUT2D eigenvalue weighted by molar-refractivity contribution is 0.436. The van der Waals surface area contributed by atoms with Crippen LogP contribution in [0.25, 0.3) is 78.5 Å². The fourth-order valence-corrected chi connectivity index (χ4v) is 9.53. The molecule has 0 bridgehead atoms. The Labute approximate surface area is 360 Å². The summed E-state index contributed by atoms with van der Waals surface area (Å²) in [6, 6.07) is 77.3.